The molecule has 0 radical (unpaired) electrons. The van der Waals surface area contributed by atoms with Gasteiger partial charge in [-0.05, 0) is 43.3 Å². The third-order valence-electron chi connectivity index (χ3n) is 4.14. The average molecular weight is 397 g/mol. The third-order valence-corrected chi connectivity index (χ3v) is 4.69. The van der Waals surface area contributed by atoms with E-state index in [4.69, 9.17) is 27.9 Å². The summed E-state index contributed by atoms with van der Waals surface area (Å²) in [6.07, 6.45) is 0. The maximum atomic E-state index is 12.9. The van der Waals surface area contributed by atoms with E-state index >= 15 is 0 Å². The number of imide groups is 1. The molecule has 0 bridgehead atoms. The van der Waals surface area contributed by atoms with Crippen LogP contribution in [0.3, 0.4) is 0 Å². The number of benzene rings is 2. The van der Waals surface area contributed by atoms with E-state index in [1.54, 1.807) is 19.1 Å². The highest BCUT2D eigenvalue weighted by Gasteiger charge is 2.49. The average Bonchev–Trinajstić information content (AvgIpc) is 2.80. The fourth-order valence-corrected chi connectivity index (χ4v) is 3.36. The minimum absolute atomic E-state index is 0.0445. The molecule has 1 saturated heterocycles. The van der Waals surface area contributed by atoms with Crippen molar-refractivity contribution in [2.24, 2.45) is 0 Å². The van der Waals surface area contributed by atoms with Crippen LogP contribution in [0, 0.1) is 5.82 Å². The van der Waals surface area contributed by atoms with Crippen LogP contribution in [0.15, 0.2) is 42.5 Å². The Morgan fingerprint density at radius 3 is 2.50 bits per heavy atom. The molecule has 2 aromatic carbocycles. The normalized spacial score (nSPS) is 19.6. The van der Waals surface area contributed by atoms with Crippen LogP contribution in [0.2, 0.25) is 10.0 Å². The maximum Gasteiger partial charge on any atom is 0.325 e. The second-order valence-electron chi connectivity index (χ2n) is 5.94. The first-order valence-electron chi connectivity index (χ1n) is 7.79. The summed E-state index contributed by atoms with van der Waals surface area (Å²) in [5.41, 5.74) is -0.821. The maximum absolute atomic E-state index is 12.9. The van der Waals surface area contributed by atoms with Gasteiger partial charge in [0.15, 0.2) is 0 Å². The van der Waals surface area contributed by atoms with Crippen LogP contribution in [0.25, 0.3) is 0 Å². The van der Waals surface area contributed by atoms with Crippen molar-refractivity contribution >= 4 is 35.1 Å². The van der Waals surface area contributed by atoms with Gasteiger partial charge >= 0.3 is 6.03 Å². The molecule has 3 amide bonds. The number of nitrogens with zero attached hydrogens (tertiary/aromatic N) is 1. The molecule has 1 aliphatic rings. The lowest BCUT2D eigenvalue weighted by atomic mass is 9.92. The molecule has 0 unspecified atom stereocenters. The molecule has 1 heterocycles. The predicted molar refractivity (Wildman–Crippen MR) is 96.0 cm³/mol. The Hall–Kier alpha value is -2.31. The van der Waals surface area contributed by atoms with Crippen molar-refractivity contribution in [2.45, 2.75) is 12.5 Å². The summed E-state index contributed by atoms with van der Waals surface area (Å²) in [4.78, 5) is 26.1. The summed E-state index contributed by atoms with van der Waals surface area (Å²) in [5.74, 6) is -0.363. The molecule has 1 N–H and O–H groups in total. The van der Waals surface area contributed by atoms with Gasteiger partial charge in [-0.25, -0.2) is 9.18 Å². The molecule has 26 heavy (non-hydrogen) atoms. The van der Waals surface area contributed by atoms with E-state index < -0.39 is 17.5 Å². The van der Waals surface area contributed by atoms with Gasteiger partial charge < -0.3 is 10.1 Å². The molecule has 0 aliphatic carbocycles. The largest absolute Gasteiger partial charge is 0.492 e. The highest BCUT2D eigenvalue weighted by molar-refractivity contribution is 6.35. The van der Waals surface area contributed by atoms with Crippen molar-refractivity contribution in [1.29, 1.82) is 0 Å². The lowest BCUT2D eigenvalue weighted by molar-refractivity contribution is -0.131. The van der Waals surface area contributed by atoms with E-state index in [0.29, 0.717) is 16.3 Å². The number of rotatable bonds is 5. The molecule has 5 nitrogen and oxygen atoms in total. The van der Waals surface area contributed by atoms with Crippen LogP contribution in [-0.2, 0) is 10.3 Å². The molecule has 3 rings (SSSR count). The van der Waals surface area contributed by atoms with E-state index in [-0.39, 0.29) is 24.0 Å². The molecule has 136 valence electrons. The zero-order valence-corrected chi connectivity index (χ0v) is 15.3. The lowest BCUT2D eigenvalue weighted by Gasteiger charge is -2.23. The van der Waals surface area contributed by atoms with Gasteiger partial charge in [0.05, 0.1) is 6.54 Å². The van der Waals surface area contributed by atoms with Crippen molar-refractivity contribution in [3.63, 3.8) is 0 Å². The number of carbonyl (C=O) groups is 2. The molecule has 1 fully saturated rings. The molecule has 0 spiro atoms. The summed E-state index contributed by atoms with van der Waals surface area (Å²) >= 11 is 12.1. The Labute approximate surface area is 159 Å². The van der Waals surface area contributed by atoms with E-state index in [9.17, 15) is 14.0 Å². The third kappa shape index (κ3) is 3.48. The molecule has 0 aromatic heterocycles. The van der Waals surface area contributed by atoms with Gasteiger partial charge in [0.1, 0.15) is 23.7 Å². The number of ether oxygens (including phenoxy) is 1. The summed E-state index contributed by atoms with van der Waals surface area (Å²) < 4.78 is 18.3. The van der Waals surface area contributed by atoms with Gasteiger partial charge in [0, 0.05) is 15.6 Å². The zero-order valence-electron chi connectivity index (χ0n) is 13.8. The molecule has 1 aliphatic heterocycles. The first-order valence-corrected chi connectivity index (χ1v) is 8.55. The van der Waals surface area contributed by atoms with Gasteiger partial charge in [0.25, 0.3) is 5.91 Å². The van der Waals surface area contributed by atoms with Crippen molar-refractivity contribution in [2.75, 3.05) is 13.2 Å². The van der Waals surface area contributed by atoms with Gasteiger partial charge in [-0.3, -0.25) is 9.69 Å². The van der Waals surface area contributed by atoms with E-state index in [0.717, 1.165) is 4.90 Å². The quantitative estimate of drug-likeness (QED) is 0.777. The topological polar surface area (TPSA) is 58.6 Å². The highest BCUT2D eigenvalue weighted by Crippen LogP contribution is 2.34. The number of amides is 3. The Bertz CT molecular complexity index is 860. The predicted octanol–water partition coefficient (Wildman–Crippen LogP) is 3.98. The Balaban J connectivity index is 1.71. The van der Waals surface area contributed by atoms with Gasteiger partial charge in [-0.2, -0.15) is 0 Å². The SMILES string of the molecule is C[C@@]1(c2ccc(Cl)cc2Cl)NC(=O)N(CCOc2ccc(F)cc2)C1=O. The molecule has 2 aromatic rings. The number of halogens is 3. The van der Waals surface area contributed by atoms with Gasteiger partial charge in [-0.15, -0.1) is 0 Å². The number of hydrogen-bond donors (Lipinski definition) is 1. The number of hydrogen-bond acceptors (Lipinski definition) is 3. The molecule has 0 saturated carbocycles. The smallest absolute Gasteiger partial charge is 0.325 e. The van der Waals surface area contributed by atoms with Gasteiger partial charge in [0.2, 0.25) is 0 Å². The van der Waals surface area contributed by atoms with Crippen molar-refractivity contribution in [3.8, 4) is 5.75 Å². The number of nitrogens with one attached hydrogen (secondary N) is 1. The summed E-state index contributed by atoms with van der Waals surface area (Å²) in [6.45, 7) is 1.71. The second-order valence-corrected chi connectivity index (χ2v) is 6.78. The Morgan fingerprint density at radius 2 is 1.85 bits per heavy atom. The minimum atomic E-state index is -1.28. The van der Waals surface area contributed by atoms with Crippen LogP contribution in [0.1, 0.15) is 12.5 Å². The summed E-state index contributed by atoms with van der Waals surface area (Å²) in [5, 5.41) is 3.39. The number of carbonyl (C=O) groups excluding carboxylic acids is 2. The van der Waals surface area contributed by atoms with Crippen LogP contribution in [0.5, 0.6) is 5.75 Å². The molecular weight excluding hydrogens is 382 g/mol. The fraction of sp³-hybridized carbons (Fsp3) is 0.222. The summed E-state index contributed by atoms with van der Waals surface area (Å²) in [7, 11) is 0. The fourth-order valence-electron chi connectivity index (χ4n) is 2.76. The van der Waals surface area contributed by atoms with Crippen LogP contribution in [-0.4, -0.2) is 30.0 Å². The Kier molecular flexibility index (Phi) is 5.07. The standard InChI is InChI=1S/C18H15Cl2FN2O3/c1-18(14-7-2-11(19)10-15(14)20)16(24)23(17(25)22-18)8-9-26-13-5-3-12(21)4-6-13/h2-7,10H,8-9H2,1H3,(H,22,25)/t18-/m0/s1. The van der Waals surface area contributed by atoms with Crippen LogP contribution >= 0.6 is 23.2 Å². The zero-order chi connectivity index (χ0) is 18.9. The first-order chi connectivity index (χ1) is 12.3. The lowest BCUT2D eigenvalue weighted by Crippen LogP contribution is -2.41. The van der Waals surface area contributed by atoms with E-state index in [1.165, 1.54) is 30.3 Å². The van der Waals surface area contributed by atoms with Gasteiger partial charge in [-0.1, -0.05) is 29.3 Å². The second kappa shape index (κ2) is 7.13. The van der Waals surface area contributed by atoms with E-state index in [1.807, 2.05) is 0 Å². The first kappa shape index (κ1) is 18.5. The van der Waals surface area contributed by atoms with Crippen molar-refractivity contribution in [1.82, 2.24) is 10.2 Å². The molecule has 1 atom stereocenters. The van der Waals surface area contributed by atoms with Crippen molar-refractivity contribution in [3.05, 3.63) is 63.9 Å². The Morgan fingerprint density at radius 1 is 1.15 bits per heavy atom. The van der Waals surface area contributed by atoms with E-state index in [2.05, 4.69) is 5.32 Å². The molecular formula is C18H15Cl2FN2O3. The minimum Gasteiger partial charge on any atom is -0.492 e. The monoisotopic (exact) mass is 396 g/mol. The molecule has 8 heteroatoms. The van der Waals surface area contributed by atoms with Crippen LogP contribution in [0.4, 0.5) is 9.18 Å². The van der Waals surface area contributed by atoms with Crippen molar-refractivity contribution < 1.29 is 18.7 Å². The summed E-state index contributed by atoms with van der Waals surface area (Å²) in [6, 6.07) is 9.67. The highest BCUT2D eigenvalue weighted by atomic mass is 35.5. The van der Waals surface area contributed by atoms with Crippen LogP contribution < -0.4 is 10.1 Å². The number of urea groups is 1.